The van der Waals surface area contributed by atoms with E-state index in [0.717, 1.165) is 24.7 Å². The average Bonchev–Trinajstić information content (AvgIpc) is 2.66. The molecule has 0 bridgehead atoms. The molecular formula is C30H48O. The molecule has 0 saturated heterocycles. The Labute approximate surface area is 192 Å². The Hall–Kier alpha value is -0.590. The van der Waals surface area contributed by atoms with Crippen molar-refractivity contribution >= 4 is 5.78 Å². The van der Waals surface area contributed by atoms with Gasteiger partial charge in [-0.25, -0.2) is 0 Å². The number of ketones is 1. The van der Waals surface area contributed by atoms with Gasteiger partial charge in [0.2, 0.25) is 0 Å². The minimum Gasteiger partial charge on any atom is -0.299 e. The van der Waals surface area contributed by atoms with Crippen LogP contribution in [-0.2, 0) is 4.79 Å². The van der Waals surface area contributed by atoms with Gasteiger partial charge >= 0.3 is 0 Å². The van der Waals surface area contributed by atoms with E-state index < -0.39 is 0 Å². The second-order valence-electron chi connectivity index (χ2n) is 15.1. The van der Waals surface area contributed by atoms with Crippen LogP contribution < -0.4 is 0 Å². The maximum Gasteiger partial charge on any atom is 0.138 e. The van der Waals surface area contributed by atoms with E-state index in [-0.39, 0.29) is 5.41 Å². The van der Waals surface area contributed by atoms with Crippen LogP contribution in [0.5, 0.6) is 0 Å². The fraction of sp³-hybridized carbons (Fsp3) is 0.900. The van der Waals surface area contributed by atoms with E-state index in [0.29, 0.717) is 38.8 Å². The first-order chi connectivity index (χ1) is 14.2. The molecule has 0 aliphatic heterocycles. The van der Waals surface area contributed by atoms with Gasteiger partial charge < -0.3 is 0 Å². The molecule has 5 aliphatic rings. The Morgan fingerprint density at radius 3 is 2.03 bits per heavy atom. The number of Topliss-reactive ketones (excluding diaryl/α,β-unsaturated/α-hetero) is 1. The summed E-state index contributed by atoms with van der Waals surface area (Å²) in [5, 5.41) is 0. The number of hydrogen-bond acceptors (Lipinski definition) is 1. The van der Waals surface area contributed by atoms with Crippen molar-refractivity contribution in [3.63, 3.8) is 0 Å². The number of allylic oxidation sites excluding steroid dienone is 2. The summed E-state index contributed by atoms with van der Waals surface area (Å²) < 4.78 is 0. The molecule has 0 aromatic carbocycles. The second-order valence-corrected chi connectivity index (χ2v) is 15.1. The summed E-state index contributed by atoms with van der Waals surface area (Å²) in [6.45, 7) is 20.1. The molecule has 31 heavy (non-hydrogen) atoms. The Morgan fingerprint density at radius 2 is 1.35 bits per heavy atom. The summed E-state index contributed by atoms with van der Waals surface area (Å²) in [4.78, 5) is 12.9. The van der Waals surface area contributed by atoms with Crippen LogP contribution in [0.2, 0.25) is 0 Å². The summed E-state index contributed by atoms with van der Waals surface area (Å²) in [6.07, 6.45) is 15.5. The van der Waals surface area contributed by atoms with Gasteiger partial charge in [-0.3, -0.25) is 4.79 Å². The van der Waals surface area contributed by atoms with Crippen LogP contribution in [0.1, 0.15) is 120 Å². The van der Waals surface area contributed by atoms with E-state index in [4.69, 9.17) is 0 Å². The summed E-state index contributed by atoms with van der Waals surface area (Å²) in [5.74, 6) is 2.66. The van der Waals surface area contributed by atoms with Gasteiger partial charge in [-0.2, -0.15) is 0 Å². The van der Waals surface area contributed by atoms with Crippen molar-refractivity contribution in [1.82, 2.24) is 0 Å². The Balaban J connectivity index is 1.56. The minimum absolute atomic E-state index is 0.137. The third-order valence-corrected chi connectivity index (χ3v) is 12.5. The summed E-state index contributed by atoms with van der Waals surface area (Å²) in [5.41, 5.74) is 3.73. The molecule has 0 radical (unpaired) electrons. The molecule has 0 amide bonds. The zero-order valence-corrected chi connectivity index (χ0v) is 21.8. The molecule has 5 rings (SSSR count). The summed E-state index contributed by atoms with van der Waals surface area (Å²) in [7, 11) is 0. The SMILES string of the molecule is CC1(C)CC[C@]2(C)CC=C3[C@]4(C)CC[C@H]5C(C)(C)C(=O)CC[C@]5(C)[C@H]4CC[C@]3(C)[C@H]2C1. The maximum atomic E-state index is 12.9. The fourth-order valence-corrected chi connectivity index (χ4v) is 10.7. The highest BCUT2D eigenvalue weighted by molar-refractivity contribution is 5.85. The first-order valence-corrected chi connectivity index (χ1v) is 13.4. The van der Waals surface area contributed by atoms with Gasteiger partial charge in [0.1, 0.15) is 5.78 Å². The zero-order chi connectivity index (χ0) is 22.7. The highest BCUT2D eigenvalue weighted by Crippen LogP contribution is 2.74. The largest absolute Gasteiger partial charge is 0.299 e. The standard InChI is InChI=1S/C30H48O/c1-25(2)17-18-27(5)13-9-21-29(7)14-10-20-26(3,4)24(31)12-16-28(20,6)22(29)11-15-30(21,8)23(27)19-25/h9,20,22-23H,10-19H2,1-8H3/t20-,22+,23-,27-,28-,29-,30-/m0/s1. The minimum atomic E-state index is -0.137. The predicted octanol–water partition coefficient (Wildman–Crippen LogP) is 8.38. The van der Waals surface area contributed by atoms with Crippen molar-refractivity contribution in [2.24, 2.45) is 50.2 Å². The first-order valence-electron chi connectivity index (χ1n) is 13.4. The van der Waals surface area contributed by atoms with Gasteiger partial charge in [0.25, 0.3) is 0 Å². The monoisotopic (exact) mass is 424 g/mol. The van der Waals surface area contributed by atoms with Crippen LogP contribution in [0, 0.1) is 50.2 Å². The lowest BCUT2D eigenvalue weighted by molar-refractivity contribution is -0.168. The van der Waals surface area contributed by atoms with Crippen molar-refractivity contribution in [3.8, 4) is 0 Å². The topological polar surface area (TPSA) is 17.1 Å². The fourth-order valence-electron chi connectivity index (χ4n) is 10.7. The van der Waals surface area contributed by atoms with Crippen LogP contribution in [0.15, 0.2) is 11.6 Å². The molecule has 7 atom stereocenters. The molecule has 0 unspecified atom stereocenters. The average molecular weight is 425 g/mol. The number of hydrogen-bond donors (Lipinski definition) is 0. The summed E-state index contributed by atoms with van der Waals surface area (Å²) >= 11 is 0. The maximum absolute atomic E-state index is 12.9. The molecule has 0 aromatic rings. The molecule has 1 nitrogen and oxygen atoms in total. The van der Waals surface area contributed by atoms with E-state index in [2.05, 4.69) is 61.5 Å². The van der Waals surface area contributed by atoms with Crippen molar-refractivity contribution in [2.75, 3.05) is 0 Å². The molecule has 0 N–H and O–H groups in total. The first kappa shape index (κ1) is 22.2. The Morgan fingerprint density at radius 1 is 0.742 bits per heavy atom. The molecule has 4 fully saturated rings. The molecule has 174 valence electrons. The third-order valence-electron chi connectivity index (χ3n) is 12.5. The number of fused-ring (bicyclic) bond motifs is 7. The van der Waals surface area contributed by atoms with Gasteiger partial charge in [0.05, 0.1) is 0 Å². The predicted molar refractivity (Wildman–Crippen MR) is 130 cm³/mol. The van der Waals surface area contributed by atoms with E-state index in [1.807, 2.05) is 5.57 Å². The van der Waals surface area contributed by atoms with Gasteiger partial charge in [-0.15, -0.1) is 0 Å². The lowest BCUT2D eigenvalue weighted by atomic mass is 9.35. The van der Waals surface area contributed by atoms with E-state index in [1.165, 1.54) is 51.4 Å². The lowest BCUT2D eigenvalue weighted by Crippen LogP contribution is -2.62. The van der Waals surface area contributed by atoms with Gasteiger partial charge in [-0.05, 0) is 103 Å². The van der Waals surface area contributed by atoms with Crippen LogP contribution in [0.4, 0.5) is 0 Å². The quantitative estimate of drug-likeness (QED) is 0.357. The van der Waals surface area contributed by atoms with Crippen molar-refractivity contribution in [1.29, 1.82) is 0 Å². The summed E-state index contributed by atoms with van der Waals surface area (Å²) in [6, 6.07) is 0. The van der Waals surface area contributed by atoms with E-state index in [1.54, 1.807) is 0 Å². The molecule has 0 spiro atoms. The second kappa shape index (κ2) is 6.29. The molecule has 4 saturated carbocycles. The van der Waals surface area contributed by atoms with E-state index in [9.17, 15) is 4.79 Å². The van der Waals surface area contributed by atoms with Crippen LogP contribution in [0.25, 0.3) is 0 Å². The van der Waals surface area contributed by atoms with Gasteiger partial charge in [-0.1, -0.05) is 67.0 Å². The van der Waals surface area contributed by atoms with E-state index >= 15 is 0 Å². The number of carbonyl (C=O) groups is 1. The van der Waals surface area contributed by atoms with Crippen LogP contribution in [-0.4, -0.2) is 5.78 Å². The molecule has 0 heterocycles. The highest BCUT2D eigenvalue weighted by atomic mass is 16.1. The zero-order valence-electron chi connectivity index (χ0n) is 21.8. The lowest BCUT2D eigenvalue weighted by Gasteiger charge is -2.69. The van der Waals surface area contributed by atoms with Gasteiger partial charge in [0, 0.05) is 11.8 Å². The Bertz CT molecular complexity index is 831. The molecule has 5 aliphatic carbocycles. The Kier molecular flexibility index (Phi) is 4.51. The van der Waals surface area contributed by atoms with Crippen molar-refractivity contribution in [3.05, 3.63) is 11.6 Å². The molecular weight excluding hydrogens is 376 g/mol. The van der Waals surface area contributed by atoms with Crippen molar-refractivity contribution in [2.45, 2.75) is 120 Å². The molecule has 0 aromatic heterocycles. The smallest absolute Gasteiger partial charge is 0.138 e. The number of rotatable bonds is 0. The van der Waals surface area contributed by atoms with Crippen LogP contribution in [0.3, 0.4) is 0 Å². The number of carbonyl (C=O) groups excluding carboxylic acids is 1. The normalized spacial score (nSPS) is 52.8. The van der Waals surface area contributed by atoms with Gasteiger partial charge in [0.15, 0.2) is 0 Å². The van der Waals surface area contributed by atoms with Crippen molar-refractivity contribution < 1.29 is 4.79 Å². The molecule has 1 heteroatoms. The highest BCUT2D eigenvalue weighted by Gasteiger charge is 2.66. The third kappa shape index (κ3) is 2.76. The van der Waals surface area contributed by atoms with Crippen LogP contribution >= 0.6 is 0 Å².